The third kappa shape index (κ3) is 8.01. The van der Waals surface area contributed by atoms with Gasteiger partial charge < -0.3 is 20.1 Å². The Kier molecular flexibility index (Phi) is 10.6. The highest BCUT2D eigenvalue weighted by molar-refractivity contribution is 14.0. The first-order valence-electron chi connectivity index (χ1n) is 8.11. The van der Waals surface area contributed by atoms with Gasteiger partial charge in [-0.25, -0.2) is 4.39 Å². The number of methoxy groups -OCH3 is 1. The van der Waals surface area contributed by atoms with E-state index >= 15 is 0 Å². The molecule has 0 saturated heterocycles. The third-order valence-corrected chi connectivity index (χ3v) is 3.51. The van der Waals surface area contributed by atoms with E-state index in [0.29, 0.717) is 32.3 Å². The molecule has 0 aromatic heterocycles. The molecule has 0 unspecified atom stereocenters. The van der Waals surface area contributed by atoms with Crippen LogP contribution in [0.5, 0.6) is 5.75 Å². The largest absolute Gasteiger partial charge is 0.491 e. The topological polar surface area (TPSA) is 54.9 Å². The van der Waals surface area contributed by atoms with Crippen molar-refractivity contribution >= 4 is 29.9 Å². The second-order valence-corrected chi connectivity index (χ2v) is 5.39. The molecule has 2 rings (SSSR count). The summed E-state index contributed by atoms with van der Waals surface area (Å²) < 4.78 is 23.5. The second kappa shape index (κ2) is 12.5. The van der Waals surface area contributed by atoms with Gasteiger partial charge in [-0.15, -0.1) is 24.0 Å². The van der Waals surface area contributed by atoms with Crippen LogP contribution >= 0.6 is 24.0 Å². The first-order valence-corrected chi connectivity index (χ1v) is 8.11. The predicted molar refractivity (Wildman–Crippen MR) is 113 cm³/mol. The summed E-state index contributed by atoms with van der Waals surface area (Å²) in [6.45, 7) is 2.27. The van der Waals surface area contributed by atoms with Crippen LogP contribution in [0.1, 0.15) is 11.1 Å². The molecule has 0 radical (unpaired) electrons. The van der Waals surface area contributed by atoms with Crippen LogP contribution in [0.25, 0.3) is 0 Å². The number of nitrogens with zero attached hydrogens (tertiary/aromatic N) is 1. The lowest BCUT2D eigenvalue weighted by Gasteiger charge is -2.13. The molecule has 0 aliphatic heterocycles. The SMILES string of the molecule is CN=C(NCc1ccc(F)cc1)NCc1cccc(OCCOC)c1.I. The second-order valence-electron chi connectivity index (χ2n) is 5.39. The van der Waals surface area contributed by atoms with Gasteiger partial charge in [-0.1, -0.05) is 24.3 Å². The molecule has 0 aliphatic rings. The van der Waals surface area contributed by atoms with Crippen LogP contribution in [-0.4, -0.2) is 33.3 Å². The molecular weight excluding hydrogens is 448 g/mol. The maximum Gasteiger partial charge on any atom is 0.191 e. The van der Waals surface area contributed by atoms with E-state index in [-0.39, 0.29) is 29.8 Å². The molecule has 0 spiro atoms. The van der Waals surface area contributed by atoms with Crippen molar-refractivity contribution in [3.63, 3.8) is 0 Å². The zero-order valence-corrected chi connectivity index (χ0v) is 17.3. The highest BCUT2D eigenvalue weighted by Crippen LogP contribution is 2.13. The van der Waals surface area contributed by atoms with E-state index in [0.717, 1.165) is 16.9 Å². The quantitative estimate of drug-likeness (QED) is 0.267. The van der Waals surface area contributed by atoms with Gasteiger partial charge in [-0.2, -0.15) is 0 Å². The lowest BCUT2D eigenvalue weighted by Crippen LogP contribution is -2.36. The molecule has 0 fully saturated rings. The summed E-state index contributed by atoms with van der Waals surface area (Å²) in [7, 11) is 3.36. The standard InChI is InChI=1S/C19H24FN3O2.HI/c1-21-19(22-13-15-6-8-17(20)9-7-15)23-14-16-4-3-5-18(12-16)25-11-10-24-2;/h3-9,12H,10-11,13-14H2,1-2H3,(H2,21,22,23);1H. The van der Waals surface area contributed by atoms with Gasteiger partial charge in [0.25, 0.3) is 0 Å². The van der Waals surface area contributed by atoms with Crippen LogP contribution < -0.4 is 15.4 Å². The molecule has 0 atom stereocenters. The Labute approximate surface area is 171 Å². The molecule has 2 aromatic carbocycles. The summed E-state index contributed by atoms with van der Waals surface area (Å²) in [5.41, 5.74) is 2.07. The molecule has 7 heteroatoms. The van der Waals surface area contributed by atoms with Crippen molar-refractivity contribution in [2.45, 2.75) is 13.1 Å². The Morgan fingerprint density at radius 1 is 1.00 bits per heavy atom. The average molecular weight is 473 g/mol. The molecule has 0 amide bonds. The maximum absolute atomic E-state index is 12.9. The van der Waals surface area contributed by atoms with Crippen LogP contribution in [0.15, 0.2) is 53.5 Å². The molecular formula is C19H25FIN3O2. The molecule has 0 saturated carbocycles. The highest BCUT2D eigenvalue weighted by atomic mass is 127. The van der Waals surface area contributed by atoms with E-state index in [1.165, 1.54) is 12.1 Å². The molecule has 0 heterocycles. The van der Waals surface area contributed by atoms with Crippen molar-refractivity contribution in [2.75, 3.05) is 27.4 Å². The van der Waals surface area contributed by atoms with Crippen molar-refractivity contribution in [2.24, 2.45) is 4.99 Å². The fourth-order valence-corrected chi connectivity index (χ4v) is 2.18. The van der Waals surface area contributed by atoms with Crippen LogP contribution in [0.2, 0.25) is 0 Å². The molecule has 142 valence electrons. The van der Waals surface area contributed by atoms with Crippen LogP contribution in [0.4, 0.5) is 4.39 Å². The third-order valence-electron chi connectivity index (χ3n) is 3.51. The summed E-state index contributed by atoms with van der Waals surface area (Å²) >= 11 is 0. The van der Waals surface area contributed by atoms with Crippen molar-refractivity contribution in [3.8, 4) is 5.75 Å². The number of aliphatic imine (C=N–C) groups is 1. The zero-order chi connectivity index (χ0) is 17.9. The van der Waals surface area contributed by atoms with Gasteiger partial charge in [0.15, 0.2) is 5.96 Å². The van der Waals surface area contributed by atoms with E-state index in [1.807, 2.05) is 24.3 Å². The number of hydrogen-bond acceptors (Lipinski definition) is 3. The van der Waals surface area contributed by atoms with Gasteiger partial charge in [0.1, 0.15) is 18.2 Å². The lowest BCUT2D eigenvalue weighted by atomic mass is 10.2. The van der Waals surface area contributed by atoms with Gasteiger partial charge in [-0.05, 0) is 35.4 Å². The molecule has 2 N–H and O–H groups in total. The summed E-state index contributed by atoms with van der Waals surface area (Å²) in [6, 6.07) is 14.3. The maximum atomic E-state index is 12.9. The normalized spacial score (nSPS) is 10.8. The number of hydrogen-bond donors (Lipinski definition) is 2. The Hall–Kier alpha value is -1.87. The van der Waals surface area contributed by atoms with E-state index in [2.05, 4.69) is 15.6 Å². The Bertz CT molecular complexity index is 681. The van der Waals surface area contributed by atoms with Gasteiger partial charge >= 0.3 is 0 Å². The van der Waals surface area contributed by atoms with E-state index in [1.54, 1.807) is 26.3 Å². The van der Waals surface area contributed by atoms with Gasteiger partial charge in [-0.3, -0.25) is 4.99 Å². The minimum atomic E-state index is -0.237. The first kappa shape index (κ1) is 22.2. The molecule has 26 heavy (non-hydrogen) atoms. The smallest absolute Gasteiger partial charge is 0.191 e. The minimum absolute atomic E-state index is 0. The van der Waals surface area contributed by atoms with Crippen molar-refractivity contribution in [3.05, 3.63) is 65.5 Å². The number of guanidine groups is 1. The number of benzene rings is 2. The predicted octanol–water partition coefficient (Wildman–Crippen LogP) is 3.33. The van der Waals surface area contributed by atoms with Crippen molar-refractivity contribution < 1.29 is 13.9 Å². The van der Waals surface area contributed by atoms with E-state index in [4.69, 9.17) is 9.47 Å². The summed E-state index contributed by atoms with van der Waals surface area (Å²) in [5, 5.41) is 6.45. The van der Waals surface area contributed by atoms with Crippen molar-refractivity contribution in [1.82, 2.24) is 10.6 Å². The average Bonchev–Trinajstić information content (AvgIpc) is 2.64. The molecule has 0 bridgehead atoms. The van der Waals surface area contributed by atoms with Gasteiger partial charge in [0, 0.05) is 27.2 Å². The highest BCUT2D eigenvalue weighted by Gasteiger charge is 2.01. The fourth-order valence-electron chi connectivity index (χ4n) is 2.18. The summed E-state index contributed by atoms with van der Waals surface area (Å²) in [5.74, 6) is 1.25. The van der Waals surface area contributed by atoms with Crippen LogP contribution in [0, 0.1) is 5.82 Å². The monoisotopic (exact) mass is 473 g/mol. The number of rotatable bonds is 8. The van der Waals surface area contributed by atoms with Crippen molar-refractivity contribution in [1.29, 1.82) is 0 Å². The van der Waals surface area contributed by atoms with Gasteiger partial charge in [0.2, 0.25) is 0 Å². The first-order chi connectivity index (χ1) is 12.2. The Morgan fingerprint density at radius 2 is 1.69 bits per heavy atom. The minimum Gasteiger partial charge on any atom is -0.491 e. The van der Waals surface area contributed by atoms with E-state index < -0.39 is 0 Å². The van der Waals surface area contributed by atoms with E-state index in [9.17, 15) is 4.39 Å². The Morgan fingerprint density at radius 3 is 2.35 bits per heavy atom. The Balaban J connectivity index is 0.00000338. The number of halogens is 2. The fraction of sp³-hybridized carbons (Fsp3) is 0.316. The summed E-state index contributed by atoms with van der Waals surface area (Å²) in [4.78, 5) is 4.19. The van der Waals surface area contributed by atoms with Crippen LogP contribution in [-0.2, 0) is 17.8 Å². The molecule has 0 aliphatic carbocycles. The van der Waals surface area contributed by atoms with Gasteiger partial charge in [0.05, 0.1) is 6.61 Å². The molecule has 5 nitrogen and oxygen atoms in total. The lowest BCUT2D eigenvalue weighted by molar-refractivity contribution is 0.146. The number of ether oxygens (including phenoxy) is 2. The summed E-state index contributed by atoms with van der Waals surface area (Å²) in [6.07, 6.45) is 0. The number of nitrogens with one attached hydrogen (secondary N) is 2. The zero-order valence-electron chi connectivity index (χ0n) is 15.0. The van der Waals surface area contributed by atoms with Crippen LogP contribution in [0.3, 0.4) is 0 Å². The molecule has 2 aromatic rings.